The molecule has 0 fully saturated rings. The van der Waals surface area contributed by atoms with Crippen molar-refractivity contribution in [3.05, 3.63) is 28.3 Å². The third kappa shape index (κ3) is 1.38. The van der Waals surface area contributed by atoms with Crippen molar-refractivity contribution >= 4 is 17.5 Å². The number of pyridine rings is 1. The van der Waals surface area contributed by atoms with Crippen molar-refractivity contribution in [1.82, 2.24) is 4.98 Å². The van der Waals surface area contributed by atoms with Gasteiger partial charge in [0.1, 0.15) is 0 Å². The summed E-state index contributed by atoms with van der Waals surface area (Å²) >= 11 is 5.48. The molecule has 0 spiro atoms. The van der Waals surface area contributed by atoms with Gasteiger partial charge >= 0.3 is 0 Å². The van der Waals surface area contributed by atoms with Gasteiger partial charge < -0.3 is 5.73 Å². The van der Waals surface area contributed by atoms with Crippen molar-refractivity contribution in [3.8, 4) is 0 Å². The van der Waals surface area contributed by atoms with E-state index in [0.29, 0.717) is 0 Å². The van der Waals surface area contributed by atoms with Crippen molar-refractivity contribution in [2.75, 3.05) is 0 Å². The Labute approximate surface area is 73.4 Å². The average Bonchev–Trinajstić information content (AvgIpc) is 2.00. The maximum Gasteiger partial charge on any atom is 0.251 e. The third-order valence-electron chi connectivity index (χ3n) is 1.40. The third-order valence-corrected chi connectivity index (χ3v) is 1.77. The van der Waals surface area contributed by atoms with Crippen LogP contribution in [-0.4, -0.2) is 10.9 Å². The molecule has 0 aliphatic carbocycles. The van der Waals surface area contributed by atoms with E-state index in [0.717, 1.165) is 6.20 Å². The molecule has 0 aliphatic rings. The van der Waals surface area contributed by atoms with E-state index in [1.165, 1.54) is 6.92 Å². The minimum Gasteiger partial charge on any atom is -0.366 e. The molecule has 5 heteroatoms. The van der Waals surface area contributed by atoms with E-state index in [4.69, 9.17) is 17.3 Å². The number of carbonyl (C=O) groups excluding carboxylic acids is 1. The molecule has 0 saturated heterocycles. The fourth-order valence-electron chi connectivity index (χ4n) is 0.724. The van der Waals surface area contributed by atoms with Gasteiger partial charge in [-0.25, -0.2) is 4.39 Å². The van der Waals surface area contributed by atoms with Crippen LogP contribution >= 0.6 is 11.6 Å². The summed E-state index contributed by atoms with van der Waals surface area (Å²) in [5.41, 5.74) is 4.95. The molecule has 1 rings (SSSR count). The lowest BCUT2D eigenvalue weighted by molar-refractivity contribution is 0.0999. The largest absolute Gasteiger partial charge is 0.366 e. The Bertz CT molecular complexity index is 340. The first-order chi connectivity index (χ1) is 5.54. The molecule has 12 heavy (non-hydrogen) atoms. The molecule has 64 valence electrons. The maximum atomic E-state index is 12.9. The Morgan fingerprint density at radius 1 is 1.75 bits per heavy atom. The number of hydrogen-bond donors (Lipinski definition) is 1. The number of nitrogens with zero attached hydrogens (tertiary/aromatic N) is 1. The van der Waals surface area contributed by atoms with Crippen LogP contribution in [-0.2, 0) is 0 Å². The molecule has 0 aromatic carbocycles. The monoisotopic (exact) mass is 188 g/mol. The number of hydrogen-bond acceptors (Lipinski definition) is 2. The number of halogens is 2. The normalized spacial score (nSPS) is 9.92. The molecule has 0 unspecified atom stereocenters. The molecule has 0 atom stereocenters. The van der Waals surface area contributed by atoms with Gasteiger partial charge in [-0.1, -0.05) is 11.6 Å². The molecule has 0 aliphatic heterocycles. The van der Waals surface area contributed by atoms with Crippen LogP contribution in [0.1, 0.15) is 16.1 Å². The second-order valence-corrected chi connectivity index (χ2v) is 2.63. The van der Waals surface area contributed by atoms with Crippen LogP contribution in [0.5, 0.6) is 0 Å². The highest BCUT2D eigenvalue weighted by molar-refractivity contribution is 6.33. The summed E-state index contributed by atoms with van der Waals surface area (Å²) in [5.74, 6) is -1.49. The first-order valence-electron chi connectivity index (χ1n) is 3.14. The molecule has 3 nitrogen and oxygen atoms in total. The fraction of sp³-hybridized carbons (Fsp3) is 0.143. The van der Waals surface area contributed by atoms with Crippen LogP contribution in [0.3, 0.4) is 0 Å². The number of carbonyl (C=O) groups is 1. The van der Waals surface area contributed by atoms with Gasteiger partial charge in [0.05, 0.1) is 16.3 Å². The maximum absolute atomic E-state index is 12.9. The van der Waals surface area contributed by atoms with Crippen LogP contribution in [0.15, 0.2) is 6.20 Å². The lowest BCUT2D eigenvalue weighted by Crippen LogP contribution is -2.13. The van der Waals surface area contributed by atoms with Gasteiger partial charge in [0.2, 0.25) is 0 Å². The van der Waals surface area contributed by atoms with Crippen molar-refractivity contribution in [2.24, 2.45) is 5.73 Å². The van der Waals surface area contributed by atoms with Gasteiger partial charge in [-0.05, 0) is 6.92 Å². The quantitative estimate of drug-likeness (QED) is 0.722. The highest BCUT2D eigenvalue weighted by Gasteiger charge is 2.13. The second-order valence-electron chi connectivity index (χ2n) is 2.25. The number of nitrogens with two attached hydrogens (primary N) is 1. The molecule has 0 bridgehead atoms. The van der Waals surface area contributed by atoms with E-state index in [9.17, 15) is 9.18 Å². The van der Waals surface area contributed by atoms with Crippen molar-refractivity contribution in [3.63, 3.8) is 0 Å². The lowest BCUT2D eigenvalue weighted by atomic mass is 10.2. The summed E-state index contributed by atoms with van der Waals surface area (Å²) in [7, 11) is 0. The van der Waals surface area contributed by atoms with Crippen molar-refractivity contribution in [2.45, 2.75) is 6.92 Å². The van der Waals surface area contributed by atoms with E-state index in [1.54, 1.807) is 0 Å². The Balaban J connectivity index is 3.36. The summed E-state index contributed by atoms with van der Waals surface area (Å²) in [4.78, 5) is 14.2. The van der Waals surface area contributed by atoms with Crippen LogP contribution in [0, 0.1) is 12.7 Å². The average molecular weight is 189 g/mol. The van der Waals surface area contributed by atoms with Gasteiger partial charge in [-0.3, -0.25) is 9.78 Å². The molecule has 1 amide bonds. The van der Waals surface area contributed by atoms with Gasteiger partial charge in [-0.2, -0.15) is 0 Å². The highest BCUT2D eigenvalue weighted by atomic mass is 35.5. The summed E-state index contributed by atoms with van der Waals surface area (Å²) in [5, 5.41) is -0.269. The number of primary amides is 1. The van der Waals surface area contributed by atoms with Crippen molar-refractivity contribution < 1.29 is 9.18 Å². The van der Waals surface area contributed by atoms with Crippen LogP contribution < -0.4 is 5.73 Å². The van der Waals surface area contributed by atoms with Crippen molar-refractivity contribution in [1.29, 1.82) is 0 Å². The Kier molecular flexibility index (Phi) is 2.28. The first-order valence-corrected chi connectivity index (χ1v) is 3.52. The summed E-state index contributed by atoms with van der Waals surface area (Å²) in [6.45, 7) is 1.45. The zero-order chi connectivity index (χ0) is 9.30. The van der Waals surface area contributed by atoms with E-state index >= 15 is 0 Å². The van der Waals surface area contributed by atoms with Gasteiger partial charge in [0, 0.05) is 6.20 Å². The Hall–Kier alpha value is -1.16. The van der Waals surface area contributed by atoms with E-state index in [2.05, 4.69) is 4.98 Å². The number of aromatic nitrogens is 1. The van der Waals surface area contributed by atoms with E-state index in [1.807, 2.05) is 0 Å². The number of aryl methyl sites for hydroxylation is 1. The number of amides is 1. The zero-order valence-corrected chi connectivity index (χ0v) is 7.02. The van der Waals surface area contributed by atoms with Gasteiger partial charge in [0.15, 0.2) is 5.82 Å². The Morgan fingerprint density at radius 3 is 2.83 bits per heavy atom. The first kappa shape index (κ1) is 8.93. The predicted octanol–water partition coefficient (Wildman–Crippen LogP) is 1.28. The molecule has 0 radical (unpaired) electrons. The molecule has 0 saturated carbocycles. The van der Waals surface area contributed by atoms with Gasteiger partial charge in [0.25, 0.3) is 5.91 Å². The smallest absolute Gasteiger partial charge is 0.251 e. The van der Waals surface area contributed by atoms with E-state index in [-0.39, 0.29) is 16.3 Å². The SMILES string of the molecule is Cc1ncc(C(N)=O)c(Cl)c1F. The summed E-state index contributed by atoms with van der Waals surface area (Å²) in [6, 6.07) is 0. The molecule has 2 N–H and O–H groups in total. The van der Waals surface area contributed by atoms with Gasteiger partial charge in [-0.15, -0.1) is 0 Å². The minimum absolute atomic E-state index is 0.0974. The molecular formula is C7H6ClFN2O. The lowest BCUT2D eigenvalue weighted by Gasteiger charge is -2.01. The highest BCUT2D eigenvalue weighted by Crippen LogP contribution is 2.20. The summed E-state index contributed by atoms with van der Waals surface area (Å²) in [6.07, 6.45) is 1.16. The summed E-state index contributed by atoms with van der Waals surface area (Å²) < 4.78 is 12.9. The standard InChI is InChI=1S/C7H6ClFN2O/c1-3-6(9)5(8)4(2-11-3)7(10)12/h2H,1H3,(H2,10,12). The second kappa shape index (κ2) is 3.06. The van der Waals surface area contributed by atoms with Crippen LogP contribution in [0.2, 0.25) is 5.02 Å². The molecule has 1 aromatic heterocycles. The molecular weight excluding hydrogens is 183 g/mol. The fourth-order valence-corrected chi connectivity index (χ4v) is 1.00. The minimum atomic E-state index is -0.786. The van der Waals surface area contributed by atoms with Crippen LogP contribution in [0.25, 0.3) is 0 Å². The zero-order valence-electron chi connectivity index (χ0n) is 6.27. The Morgan fingerprint density at radius 2 is 2.33 bits per heavy atom. The number of rotatable bonds is 1. The topological polar surface area (TPSA) is 56.0 Å². The molecule has 1 heterocycles. The predicted molar refractivity (Wildman–Crippen MR) is 42.5 cm³/mol. The van der Waals surface area contributed by atoms with E-state index < -0.39 is 11.7 Å². The molecule has 1 aromatic rings. The van der Waals surface area contributed by atoms with Crippen LogP contribution in [0.4, 0.5) is 4.39 Å².